The van der Waals surface area contributed by atoms with Gasteiger partial charge < -0.3 is 5.32 Å². The Kier molecular flexibility index (Phi) is 6.62. The van der Waals surface area contributed by atoms with Crippen molar-refractivity contribution >= 4 is 52.2 Å². The van der Waals surface area contributed by atoms with Gasteiger partial charge in [0.1, 0.15) is 5.82 Å². The maximum atomic E-state index is 13.8. The molecule has 2 heterocycles. The molecule has 1 N–H and O–H groups in total. The van der Waals surface area contributed by atoms with Crippen molar-refractivity contribution in [3.8, 4) is 0 Å². The number of hydrogen-bond donors (Lipinski definition) is 1. The Morgan fingerprint density at radius 1 is 1.06 bits per heavy atom. The highest BCUT2D eigenvalue weighted by Gasteiger charge is 2.32. The van der Waals surface area contributed by atoms with Gasteiger partial charge in [0.15, 0.2) is 4.80 Å². The standard InChI is InChI=1S/C27H18Cl2FN3O2S/c1-15-22(25(34)32-19-7-3-2-4-8-19)24(16-10-12-18(30)13-11-16)33-26(35)21(36-27(33)31-15)14-17-6-5-9-20(28)23(17)29/h2-14,24H,1H3,(H,32,34)/b21-14+/t24-/m1/s1. The molecule has 4 aromatic rings. The topological polar surface area (TPSA) is 63.5 Å². The molecule has 0 aliphatic carbocycles. The molecule has 1 atom stereocenters. The Balaban J connectivity index is 1.69. The van der Waals surface area contributed by atoms with E-state index in [0.717, 1.165) is 0 Å². The number of thiazole rings is 1. The molecule has 1 aliphatic heterocycles. The molecule has 0 spiro atoms. The number of para-hydroxylation sites is 1. The monoisotopic (exact) mass is 537 g/mol. The second kappa shape index (κ2) is 9.85. The fourth-order valence-electron chi connectivity index (χ4n) is 4.07. The number of halogens is 3. The van der Waals surface area contributed by atoms with Gasteiger partial charge in [0.25, 0.3) is 11.5 Å². The zero-order valence-electron chi connectivity index (χ0n) is 18.8. The Morgan fingerprint density at radius 2 is 1.78 bits per heavy atom. The summed E-state index contributed by atoms with van der Waals surface area (Å²) in [5, 5.41) is 3.59. The summed E-state index contributed by atoms with van der Waals surface area (Å²) < 4.78 is 15.6. The maximum absolute atomic E-state index is 13.8. The van der Waals surface area contributed by atoms with E-state index >= 15 is 0 Å². The van der Waals surface area contributed by atoms with Crippen molar-refractivity contribution in [2.45, 2.75) is 13.0 Å². The van der Waals surface area contributed by atoms with E-state index in [1.165, 1.54) is 28.0 Å². The fraction of sp³-hybridized carbons (Fsp3) is 0.0741. The number of fused-ring (bicyclic) bond motifs is 1. The summed E-state index contributed by atoms with van der Waals surface area (Å²) in [6, 6.07) is 19.1. The van der Waals surface area contributed by atoms with Crippen LogP contribution in [0.5, 0.6) is 0 Å². The van der Waals surface area contributed by atoms with E-state index < -0.39 is 17.8 Å². The first kappa shape index (κ1) is 24.2. The van der Waals surface area contributed by atoms with Gasteiger partial charge in [-0.05, 0) is 54.5 Å². The van der Waals surface area contributed by atoms with Crippen LogP contribution >= 0.6 is 34.5 Å². The number of aromatic nitrogens is 1. The molecule has 9 heteroatoms. The Bertz CT molecular complexity index is 1690. The summed E-state index contributed by atoms with van der Waals surface area (Å²) in [5.74, 6) is -0.818. The number of benzene rings is 3. The van der Waals surface area contributed by atoms with Crippen molar-refractivity contribution in [2.75, 3.05) is 5.32 Å². The van der Waals surface area contributed by atoms with Gasteiger partial charge in [0, 0.05) is 5.69 Å². The van der Waals surface area contributed by atoms with Crippen molar-refractivity contribution < 1.29 is 9.18 Å². The van der Waals surface area contributed by atoms with E-state index in [0.29, 0.717) is 47.5 Å². The lowest BCUT2D eigenvalue weighted by Crippen LogP contribution is -2.40. The minimum atomic E-state index is -0.803. The summed E-state index contributed by atoms with van der Waals surface area (Å²) in [7, 11) is 0. The molecule has 0 radical (unpaired) electrons. The maximum Gasteiger partial charge on any atom is 0.271 e. The van der Waals surface area contributed by atoms with Gasteiger partial charge in [-0.25, -0.2) is 9.38 Å². The fourth-order valence-corrected chi connectivity index (χ4v) is 5.47. The number of rotatable bonds is 4. The highest BCUT2D eigenvalue weighted by atomic mass is 35.5. The molecule has 1 amide bonds. The van der Waals surface area contributed by atoms with Crippen LogP contribution in [0, 0.1) is 5.82 Å². The molecule has 1 aromatic heterocycles. The molecular formula is C27H18Cl2FN3O2S. The van der Waals surface area contributed by atoms with Gasteiger partial charge in [-0.1, -0.05) is 77.0 Å². The van der Waals surface area contributed by atoms with Gasteiger partial charge in [-0.2, -0.15) is 0 Å². The van der Waals surface area contributed by atoms with Crippen molar-refractivity contribution in [1.29, 1.82) is 0 Å². The molecule has 3 aromatic carbocycles. The number of carbonyl (C=O) groups is 1. The van der Waals surface area contributed by atoms with E-state index in [1.54, 1.807) is 55.5 Å². The van der Waals surface area contributed by atoms with Gasteiger partial charge in [0.2, 0.25) is 0 Å². The number of allylic oxidation sites excluding steroid dienone is 1. The van der Waals surface area contributed by atoms with Crippen molar-refractivity contribution in [3.63, 3.8) is 0 Å². The SMILES string of the molecule is CC1=C(C(=O)Nc2ccccc2)[C@@H](c2ccc(F)cc2)n2c(s/c(=C/c3cccc(Cl)c3Cl)c2=O)=N1. The molecule has 0 unspecified atom stereocenters. The number of hydrogen-bond acceptors (Lipinski definition) is 4. The van der Waals surface area contributed by atoms with Crippen LogP contribution in [-0.2, 0) is 4.79 Å². The van der Waals surface area contributed by atoms with Crippen LogP contribution in [0.4, 0.5) is 10.1 Å². The van der Waals surface area contributed by atoms with E-state index in [9.17, 15) is 14.0 Å². The van der Waals surface area contributed by atoms with Gasteiger partial charge >= 0.3 is 0 Å². The van der Waals surface area contributed by atoms with Crippen molar-refractivity contribution in [2.24, 2.45) is 4.99 Å². The normalized spacial score (nSPS) is 15.4. The first-order chi connectivity index (χ1) is 17.3. The van der Waals surface area contributed by atoms with Crippen LogP contribution in [0.3, 0.4) is 0 Å². The number of anilines is 1. The van der Waals surface area contributed by atoms with Crippen LogP contribution in [0.25, 0.3) is 6.08 Å². The van der Waals surface area contributed by atoms with Crippen molar-refractivity contribution in [3.05, 3.63) is 131 Å². The number of nitrogens with one attached hydrogen (secondary N) is 1. The molecule has 36 heavy (non-hydrogen) atoms. The largest absolute Gasteiger partial charge is 0.322 e. The molecule has 0 saturated heterocycles. The minimum Gasteiger partial charge on any atom is -0.322 e. The zero-order valence-corrected chi connectivity index (χ0v) is 21.2. The van der Waals surface area contributed by atoms with E-state index in [-0.39, 0.29) is 5.56 Å². The highest BCUT2D eigenvalue weighted by molar-refractivity contribution is 7.07. The van der Waals surface area contributed by atoms with Crippen molar-refractivity contribution in [1.82, 2.24) is 4.57 Å². The zero-order chi connectivity index (χ0) is 25.4. The number of nitrogens with zero attached hydrogens (tertiary/aromatic N) is 2. The molecule has 0 saturated carbocycles. The van der Waals surface area contributed by atoms with Crippen LogP contribution < -0.4 is 20.2 Å². The molecule has 5 rings (SSSR count). The molecule has 0 bridgehead atoms. The Morgan fingerprint density at radius 3 is 2.50 bits per heavy atom. The molecular weight excluding hydrogens is 520 g/mol. The van der Waals surface area contributed by atoms with Gasteiger partial charge in [0.05, 0.1) is 31.9 Å². The quantitative estimate of drug-likeness (QED) is 0.383. The summed E-state index contributed by atoms with van der Waals surface area (Å²) in [6.45, 7) is 1.72. The average Bonchev–Trinajstić information content (AvgIpc) is 3.16. The summed E-state index contributed by atoms with van der Waals surface area (Å²) in [5.41, 5.74) is 2.19. The Hall–Kier alpha value is -3.52. The number of carbonyl (C=O) groups excluding carboxylic acids is 1. The average molecular weight is 538 g/mol. The van der Waals surface area contributed by atoms with Crippen LogP contribution in [0.1, 0.15) is 24.1 Å². The van der Waals surface area contributed by atoms with Crippen LogP contribution in [-0.4, -0.2) is 10.5 Å². The lowest BCUT2D eigenvalue weighted by Gasteiger charge is -2.25. The number of amides is 1. The first-order valence-corrected chi connectivity index (χ1v) is 12.5. The second-order valence-electron chi connectivity index (χ2n) is 8.10. The molecule has 5 nitrogen and oxygen atoms in total. The van der Waals surface area contributed by atoms with E-state index in [1.807, 2.05) is 18.2 Å². The molecule has 1 aliphatic rings. The van der Waals surface area contributed by atoms with Gasteiger partial charge in [-0.15, -0.1) is 0 Å². The third kappa shape index (κ3) is 4.53. The highest BCUT2D eigenvalue weighted by Crippen LogP contribution is 2.31. The Labute approximate surface area is 219 Å². The third-order valence-corrected chi connectivity index (χ3v) is 7.57. The second-order valence-corrected chi connectivity index (χ2v) is 9.89. The molecule has 180 valence electrons. The third-order valence-electron chi connectivity index (χ3n) is 5.75. The van der Waals surface area contributed by atoms with E-state index in [2.05, 4.69) is 10.3 Å². The lowest BCUT2D eigenvalue weighted by atomic mass is 9.95. The first-order valence-electron chi connectivity index (χ1n) is 10.9. The minimum absolute atomic E-state index is 0.296. The van der Waals surface area contributed by atoms with Crippen LogP contribution in [0.15, 0.2) is 93.9 Å². The van der Waals surface area contributed by atoms with Crippen LogP contribution in [0.2, 0.25) is 10.0 Å². The summed E-state index contributed by atoms with van der Waals surface area (Å²) >= 11 is 13.7. The smallest absolute Gasteiger partial charge is 0.271 e. The lowest BCUT2D eigenvalue weighted by molar-refractivity contribution is -0.113. The predicted molar refractivity (Wildman–Crippen MR) is 142 cm³/mol. The molecule has 0 fully saturated rings. The van der Waals surface area contributed by atoms with Gasteiger partial charge in [-0.3, -0.25) is 14.2 Å². The summed E-state index contributed by atoms with van der Waals surface area (Å²) in [6.07, 6.45) is 1.66. The predicted octanol–water partition coefficient (Wildman–Crippen LogP) is 5.32. The van der Waals surface area contributed by atoms with E-state index in [4.69, 9.17) is 23.2 Å². The summed E-state index contributed by atoms with van der Waals surface area (Å²) in [4.78, 5) is 32.2.